The van der Waals surface area contributed by atoms with Crippen LogP contribution in [0.5, 0.6) is 0 Å². The molecule has 0 radical (unpaired) electrons. The fourth-order valence-electron chi connectivity index (χ4n) is 5.51. The molecule has 2 aromatic carbocycles. The molecular formula is C60H106O5. The average molecular weight is 908 g/mol. The van der Waals surface area contributed by atoms with Crippen molar-refractivity contribution in [2.75, 3.05) is 0 Å². The van der Waals surface area contributed by atoms with Gasteiger partial charge in [0.2, 0.25) is 0 Å². The number of hydrogen-bond acceptors (Lipinski definition) is 5. The van der Waals surface area contributed by atoms with Crippen LogP contribution in [0.4, 0.5) is 0 Å². The van der Waals surface area contributed by atoms with E-state index in [1.165, 1.54) is 16.7 Å². The summed E-state index contributed by atoms with van der Waals surface area (Å²) in [7, 11) is 0. The van der Waals surface area contributed by atoms with Crippen LogP contribution in [-0.4, -0.2) is 28.9 Å². The standard InChI is InChI=1S/C16H24O.C14H22.C10H20O2.2C10H20O/c1-15(2,3)11-14(17)12-7-9-13(10-8-12)16(4,5)6;1-13(2,3)11-7-9-12(10-8-11)14(4,5)6;1-9(2,3)7-8(11)12-10(4,5)6;2*1-9(2,3)7-8(11)10(4,5)6/h7-10H,11H2,1-6H3;7-10H,1-6H3;7H2,1-6H3;2*7H2,1-6H3. The fourth-order valence-corrected chi connectivity index (χ4v) is 5.51. The van der Waals surface area contributed by atoms with Crippen molar-refractivity contribution in [3.63, 3.8) is 0 Å². The molecule has 0 aliphatic rings. The van der Waals surface area contributed by atoms with Gasteiger partial charge in [0, 0.05) is 35.7 Å². The van der Waals surface area contributed by atoms with Crippen molar-refractivity contribution >= 4 is 23.3 Å². The summed E-state index contributed by atoms with van der Waals surface area (Å²) < 4.78 is 5.17. The molecule has 0 aliphatic carbocycles. The van der Waals surface area contributed by atoms with Crippen LogP contribution in [0.2, 0.25) is 0 Å². The Hall–Kier alpha value is -3.08. The monoisotopic (exact) mass is 907 g/mol. The van der Waals surface area contributed by atoms with Gasteiger partial charge in [-0.1, -0.05) is 235 Å². The van der Waals surface area contributed by atoms with E-state index in [-0.39, 0.29) is 66.1 Å². The molecule has 0 aliphatic heterocycles. The number of ether oxygens (including phenoxy) is 1. The van der Waals surface area contributed by atoms with E-state index in [4.69, 9.17) is 4.74 Å². The molecule has 0 atom stereocenters. The lowest BCUT2D eigenvalue weighted by atomic mass is 9.80. The number of benzene rings is 2. The molecule has 0 heterocycles. The zero-order valence-corrected chi connectivity index (χ0v) is 48.5. The molecule has 5 heteroatoms. The summed E-state index contributed by atoms with van der Waals surface area (Å²) in [4.78, 5) is 46.2. The van der Waals surface area contributed by atoms with E-state index in [1.807, 2.05) is 95.2 Å². The summed E-state index contributed by atoms with van der Waals surface area (Å²) in [6.45, 7) is 62.4. The molecule has 2 rings (SSSR count). The highest BCUT2D eigenvalue weighted by Crippen LogP contribution is 2.30. The third kappa shape index (κ3) is 36.7. The van der Waals surface area contributed by atoms with Gasteiger partial charge in [0.05, 0.1) is 6.42 Å². The molecule has 0 saturated carbocycles. The van der Waals surface area contributed by atoms with Crippen LogP contribution in [0.15, 0.2) is 48.5 Å². The second kappa shape index (κ2) is 24.8. The molecular weight excluding hydrogens is 801 g/mol. The number of Topliss-reactive ketones (excluding diaryl/α,β-unsaturated/α-hetero) is 3. The topological polar surface area (TPSA) is 77.5 Å². The Balaban J connectivity index is -0.000000748. The first kappa shape index (κ1) is 66.2. The highest BCUT2D eigenvalue weighted by atomic mass is 16.6. The third-order valence-electron chi connectivity index (χ3n) is 9.53. The number of hydrogen-bond donors (Lipinski definition) is 0. The number of rotatable bonds is 5. The summed E-state index contributed by atoms with van der Waals surface area (Å²) in [5.41, 5.74) is 5.20. The van der Waals surface area contributed by atoms with Crippen LogP contribution in [0.25, 0.3) is 0 Å². The van der Waals surface area contributed by atoms with Crippen molar-refractivity contribution in [1.82, 2.24) is 0 Å². The van der Waals surface area contributed by atoms with Gasteiger partial charge in [0.15, 0.2) is 5.78 Å². The quantitative estimate of drug-likeness (QED) is 0.221. The van der Waals surface area contributed by atoms with Crippen molar-refractivity contribution in [2.24, 2.45) is 32.5 Å². The summed E-state index contributed by atoms with van der Waals surface area (Å²) in [5, 5.41) is 0. The second-order valence-corrected chi connectivity index (χ2v) is 29.2. The maximum absolute atomic E-state index is 12.0. The molecule has 65 heavy (non-hydrogen) atoms. The van der Waals surface area contributed by atoms with Crippen LogP contribution in [0, 0.1) is 32.5 Å². The van der Waals surface area contributed by atoms with E-state index < -0.39 is 0 Å². The molecule has 0 amide bonds. The second-order valence-electron chi connectivity index (χ2n) is 29.2. The number of carbonyl (C=O) groups excluding carboxylic acids is 4. The summed E-state index contributed by atoms with van der Waals surface area (Å²) >= 11 is 0. The maximum atomic E-state index is 12.0. The van der Waals surface area contributed by atoms with Gasteiger partial charge in [-0.3, -0.25) is 19.2 Å². The first-order valence-electron chi connectivity index (χ1n) is 24.2. The van der Waals surface area contributed by atoms with E-state index in [0.717, 1.165) is 5.56 Å². The lowest BCUT2D eigenvalue weighted by Crippen LogP contribution is -2.26. The van der Waals surface area contributed by atoms with Gasteiger partial charge in [-0.15, -0.1) is 0 Å². The van der Waals surface area contributed by atoms with Gasteiger partial charge in [-0.25, -0.2) is 0 Å². The summed E-state index contributed by atoms with van der Waals surface area (Å²) in [6, 6.07) is 17.0. The predicted molar refractivity (Wildman–Crippen MR) is 284 cm³/mol. The molecule has 0 aromatic heterocycles. The minimum atomic E-state index is -0.359. The van der Waals surface area contributed by atoms with Crippen molar-refractivity contribution in [3.05, 3.63) is 70.8 Å². The maximum Gasteiger partial charge on any atom is 0.306 e. The molecule has 0 N–H and O–H groups in total. The molecule has 0 saturated heterocycles. The summed E-state index contributed by atoms with van der Waals surface area (Å²) in [6.07, 6.45) is 2.43. The lowest BCUT2D eigenvalue weighted by Gasteiger charge is -2.23. The fraction of sp³-hybridized carbons (Fsp3) is 0.733. The largest absolute Gasteiger partial charge is 0.460 e. The van der Waals surface area contributed by atoms with Crippen molar-refractivity contribution in [2.45, 2.75) is 255 Å². The third-order valence-corrected chi connectivity index (χ3v) is 9.53. The minimum absolute atomic E-state index is 0.0162. The SMILES string of the molecule is CC(C)(C)CC(=O)C(C)(C)C.CC(C)(C)CC(=O)C(C)(C)C.CC(C)(C)CC(=O)OC(C)(C)C.CC(C)(C)CC(=O)c1ccc(C(C)(C)C)cc1.CC(C)(C)c1ccc(C(C)(C)C)cc1. The van der Waals surface area contributed by atoms with Crippen LogP contribution in [-0.2, 0) is 35.4 Å². The zero-order chi connectivity index (χ0) is 52.8. The first-order chi connectivity index (χ1) is 28.2. The number of esters is 1. The Morgan fingerprint density at radius 2 is 0.569 bits per heavy atom. The van der Waals surface area contributed by atoms with Gasteiger partial charge in [-0.2, -0.15) is 0 Å². The van der Waals surface area contributed by atoms with E-state index in [2.05, 4.69) is 161 Å². The molecule has 5 nitrogen and oxygen atoms in total. The number of carbonyl (C=O) groups is 4. The Labute approximate surface area is 404 Å². The van der Waals surface area contributed by atoms with E-state index >= 15 is 0 Å². The zero-order valence-electron chi connectivity index (χ0n) is 48.5. The highest BCUT2D eigenvalue weighted by molar-refractivity contribution is 5.96. The predicted octanol–water partition coefficient (Wildman–Crippen LogP) is 17.7. The smallest absolute Gasteiger partial charge is 0.306 e. The van der Waals surface area contributed by atoms with E-state index in [9.17, 15) is 19.2 Å². The minimum Gasteiger partial charge on any atom is -0.460 e. The first-order valence-corrected chi connectivity index (χ1v) is 24.2. The van der Waals surface area contributed by atoms with Crippen molar-refractivity contribution in [1.29, 1.82) is 0 Å². The van der Waals surface area contributed by atoms with Crippen molar-refractivity contribution < 1.29 is 23.9 Å². The van der Waals surface area contributed by atoms with Gasteiger partial charge in [0.1, 0.15) is 17.2 Å². The molecule has 0 unspecified atom stereocenters. The number of ketones is 3. The van der Waals surface area contributed by atoms with E-state index in [1.54, 1.807) is 0 Å². The molecule has 0 spiro atoms. The van der Waals surface area contributed by atoms with Crippen LogP contribution < -0.4 is 0 Å². The van der Waals surface area contributed by atoms with E-state index in [0.29, 0.717) is 37.2 Å². The lowest BCUT2D eigenvalue weighted by molar-refractivity contribution is -0.157. The van der Waals surface area contributed by atoms with Crippen LogP contribution in [0.1, 0.15) is 260 Å². The van der Waals surface area contributed by atoms with Crippen molar-refractivity contribution in [3.8, 4) is 0 Å². The molecule has 376 valence electrons. The summed E-state index contributed by atoms with van der Waals surface area (Å²) in [5.74, 6) is 0.822. The van der Waals surface area contributed by atoms with Crippen LogP contribution in [0.3, 0.4) is 0 Å². The van der Waals surface area contributed by atoms with Crippen LogP contribution >= 0.6 is 0 Å². The highest BCUT2D eigenvalue weighted by Gasteiger charge is 2.27. The Morgan fingerprint density at radius 3 is 0.738 bits per heavy atom. The van der Waals surface area contributed by atoms with Gasteiger partial charge in [0.25, 0.3) is 0 Å². The Bertz CT molecular complexity index is 1630. The van der Waals surface area contributed by atoms with Gasteiger partial charge < -0.3 is 4.74 Å². The van der Waals surface area contributed by atoms with Gasteiger partial charge >= 0.3 is 5.97 Å². The van der Waals surface area contributed by atoms with Gasteiger partial charge in [-0.05, 0) is 75.4 Å². The average Bonchev–Trinajstić information content (AvgIpc) is 3.00. The Kier molecular flexibility index (Phi) is 25.3. The normalized spacial score (nSPS) is 13.0. The molecule has 0 fully saturated rings. The molecule has 2 aromatic rings. The Morgan fingerprint density at radius 1 is 0.338 bits per heavy atom. The molecule has 0 bridgehead atoms.